The van der Waals surface area contributed by atoms with E-state index in [1.807, 2.05) is 0 Å². The average molecular weight is 228 g/mol. The largest absolute Gasteiger partial charge is 0.481 e. The van der Waals surface area contributed by atoms with Gasteiger partial charge >= 0.3 is 5.97 Å². The van der Waals surface area contributed by atoms with E-state index in [1.165, 1.54) is 0 Å². The van der Waals surface area contributed by atoms with Crippen LogP contribution >= 0.6 is 0 Å². The van der Waals surface area contributed by atoms with Crippen LogP contribution in [0.25, 0.3) is 0 Å². The zero-order chi connectivity index (χ0) is 12.0. The third kappa shape index (κ3) is 4.61. The first kappa shape index (κ1) is 13.0. The molecule has 92 valence electrons. The molecule has 0 aliphatic carbocycles. The lowest BCUT2D eigenvalue weighted by molar-refractivity contribution is -0.137. The van der Waals surface area contributed by atoms with Crippen LogP contribution in [0.5, 0.6) is 0 Å². The van der Waals surface area contributed by atoms with E-state index in [2.05, 4.69) is 4.90 Å². The fourth-order valence-electron chi connectivity index (χ4n) is 2.23. The van der Waals surface area contributed by atoms with Crippen molar-refractivity contribution in [3.8, 4) is 0 Å². The lowest BCUT2D eigenvalue weighted by atomic mass is 9.97. The van der Waals surface area contributed by atoms with Crippen molar-refractivity contribution >= 4 is 11.9 Å². The monoisotopic (exact) mass is 228 g/mol. The third-order valence-corrected chi connectivity index (χ3v) is 3.09. The van der Waals surface area contributed by atoms with Gasteiger partial charge in [-0.05, 0) is 25.8 Å². The van der Waals surface area contributed by atoms with Crippen molar-refractivity contribution in [2.75, 3.05) is 13.1 Å². The topological polar surface area (TPSA) is 83.6 Å². The molecule has 1 unspecified atom stereocenters. The molecule has 1 atom stereocenters. The maximum absolute atomic E-state index is 10.7. The molecule has 0 bridgehead atoms. The minimum Gasteiger partial charge on any atom is -0.481 e. The third-order valence-electron chi connectivity index (χ3n) is 3.09. The number of piperidine rings is 1. The molecular formula is C11H20N2O3. The Kier molecular flexibility index (Phi) is 5.25. The summed E-state index contributed by atoms with van der Waals surface area (Å²) in [7, 11) is 0. The summed E-state index contributed by atoms with van der Waals surface area (Å²) in [6.45, 7) is 1.62. The Morgan fingerprint density at radius 2 is 2.06 bits per heavy atom. The van der Waals surface area contributed by atoms with E-state index in [1.54, 1.807) is 0 Å². The van der Waals surface area contributed by atoms with Gasteiger partial charge in [-0.25, -0.2) is 0 Å². The lowest BCUT2D eigenvalue weighted by Gasteiger charge is -2.35. The number of hydrogen-bond donors (Lipinski definition) is 2. The Hall–Kier alpha value is -1.10. The summed E-state index contributed by atoms with van der Waals surface area (Å²) in [4.78, 5) is 23.4. The maximum Gasteiger partial charge on any atom is 0.303 e. The fraction of sp³-hybridized carbons (Fsp3) is 0.818. The van der Waals surface area contributed by atoms with E-state index in [-0.39, 0.29) is 12.3 Å². The predicted octanol–water partition coefficient (Wildman–Crippen LogP) is 0.581. The van der Waals surface area contributed by atoms with Gasteiger partial charge in [0.2, 0.25) is 5.91 Å². The van der Waals surface area contributed by atoms with Crippen LogP contribution in [0.4, 0.5) is 0 Å². The number of carbonyl (C=O) groups is 2. The van der Waals surface area contributed by atoms with Crippen molar-refractivity contribution in [2.24, 2.45) is 5.73 Å². The zero-order valence-corrected chi connectivity index (χ0v) is 9.52. The summed E-state index contributed by atoms with van der Waals surface area (Å²) >= 11 is 0. The highest BCUT2D eigenvalue weighted by Crippen LogP contribution is 2.20. The summed E-state index contributed by atoms with van der Waals surface area (Å²) in [6.07, 6.45) is 4.56. The van der Waals surface area contributed by atoms with Crippen LogP contribution < -0.4 is 5.73 Å². The molecule has 1 amide bonds. The van der Waals surface area contributed by atoms with Crippen LogP contribution in [0.1, 0.15) is 38.5 Å². The number of hydrogen-bond acceptors (Lipinski definition) is 3. The smallest absolute Gasteiger partial charge is 0.303 e. The Morgan fingerprint density at radius 3 is 2.69 bits per heavy atom. The van der Waals surface area contributed by atoms with Crippen molar-refractivity contribution < 1.29 is 14.7 Å². The standard InChI is InChI=1S/C11H20N2O3/c12-10(14)6-8-13-7-2-1-3-9(13)4-5-11(15)16/h9H,1-8H2,(H2,12,14)(H,15,16). The van der Waals surface area contributed by atoms with Crippen LogP contribution in [0, 0.1) is 0 Å². The second kappa shape index (κ2) is 6.48. The normalized spacial score (nSPS) is 21.9. The Labute approximate surface area is 95.6 Å². The first-order valence-electron chi connectivity index (χ1n) is 5.83. The van der Waals surface area contributed by atoms with Gasteiger partial charge in [0, 0.05) is 25.4 Å². The molecule has 0 radical (unpaired) electrons. The second-order valence-corrected chi connectivity index (χ2v) is 4.33. The van der Waals surface area contributed by atoms with Crippen molar-refractivity contribution in [2.45, 2.75) is 44.6 Å². The summed E-state index contributed by atoms with van der Waals surface area (Å²) < 4.78 is 0. The number of aliphatic carboxylic acids is 1. The molecule has 1 rings (SSSR count). The maximum atomic E-state index is 10.7. The lowest BCUT2D eigenvalue weighted by Crippen LogP contribution is -2.41. The summed E-state index contributed by atoms with van der Waals surface area (Å²) in [6, 6.07) is 0.309. The van der Waals surface area contributed by atoms with Gasteiger partial charge in [0.1, 0.15) is 0 Å². The quantitative estimate of drug-likeness (QED) is 0.696. The molecule has 0 aromatic rings. The SMILES string of the molecule is NC(=O)CCN1CCCCC1CCC(=O)O. The Bertz CT molecular complexity index is 230. The average Bonchev–Trinajstić information content (AvgIpc) is 2.24. The van der Waals surface area contributed by atoms with Gasteiger partial charge in [0.15, 0.2) is 0 Å². The van der Waals surface area contributed by atoms with Gasteiger partial charge in [-0.15, -0.1) is 0 Å². The van der Waals surface area contributed by atoms with Crippen molar-refractivity contribution in [1.29, 1.82) is 0 Å². The molecule has 0 spiro atoms. The molecule has 1 saturated heterocycles. The Morgan fingerprint density at radius 1 is 1.31 bits per heavy atom. The van der Waals surface area contributed by atoms with E-state index in [9.17, 15) is 9.59 Å². The van der Waals surface area contributed by atoms with Gasteiger partial charge in [0.25, 0.3) is 0 Å². The van der Waals surface area contributed by atoms with Gasteiger partial charge in [0.05, 0.1) is 0 Å². The molecule has 0 aromatic heterocycles. The highest BCUT2D eigenvalue weighted by Gasteiger charge is 2.22. The summed E-state index contributed by atoms with van der Waals surface area (Å²) in [5.41, 5.74) is 5.12. The molecule has 5 nitrogen and oxygen atoms in total. The summed E-state index contributed by atoms with van der Waals surface area (Å²) in [5.74, 6) is -1.04. The van der Waals surface area contributed by atoms with Gasteiger partial charge in [-0.3, -0.25) is 14.5 Å². The fourth-order valence-corrected chi connectivity index (χ4v) is 2.23. The summed E-state index contributed by atoms with van der Waals surface area (Å²) in [5, 5.41) is 8.66. The Balaban J connectivity index is 2.37. The minimum absolute atomic E-state index is 0.206. The molecule has 16 heavy (non-hydrogen) atoms. The van der Waals surface area contributed by atoms with Crippen molar-refractivity contribution in [1.82, 2.24) is 4.90 Å². The van der Waals surface area contributed by atoms with Crippen molar-refractivity contribution in [3.63, 3.8) is 0 Å². The number of carbonyl (C=O) groups excluding carboxylic acids is 1. The number of primary amides is 1. The van der Waals surface area contributed by atoms with E-state index >= 15 is 0 Å². The van der Waals surface area contributed by atoms with Gasteiger partial charge in [-0.2, -0.15) is 0 Å². The van der Waals surface area contributed by atoms with E-state index < -0.39 is 5.97 Å². The van der Waals surface area contributed by atoms with E-state index in [0.717, 1.165) is 25.8 Å². The van der Waals surface area contributed by atoms with Gasteiger partial charge < -0.3 is 10.8 Å². The number of nitrogens with zero attached hydrogens (tertiary/aromatic N) is 1. The number of nitrogens with two attached hydrogens (primary N) is 1. The molecule has 5 heteroatoms. The molecule has 1 fully saturated rings. The number of likely N-dealkylation sites (tertiary alicyclic amines) is 1. The highest BCUT2D eigenvalue weighted by atomic mass is 16.4. The number of rotatable bonds is 6. The molecule has 1 heterocycles. The highest BCUT2D eigenvalue weighted by molar-refractivity contribution is 5.73. The molecule has 0 aromatic carbocycles. The van der Waals surface area contributed by atoms with Crippen LogP contribution in [0.3, 0.4) is 0 Å². The van der Waals surface area contributed by atoms with Crippen molar-refractivity contribution in [3.05, 3.63) is 0 Å². The van der Waals surface area contributed by atoms with Gasteiger partial charge in [-0.1, -0.05) is 6.42 Å². The minimum atomic E-state index is -0.750. The van der Waals surface area contributed by atoms with E-state index in [4.69, 9.17) is 10.8 Å². The molecule has 3 N–H and O–H groups in total. The zero-order valence-electron chi connectivity index (χ0n) is 9.52. The first-order chi connectivity index (χ1) is 7.59. The second-order valence-electron chi connectivity index (χ2n) is 4.33. The number of amides is 1. The molecular weight excluding hydrogens is 208 g/mol. The molecule has 0 saturated carbocycles. The number of carboxylic acid groups (broad SMARTS) is 1. The van der Waals surface area contributed by atoms with Crippen LogP contribution in [-0.2, 0) is 9.59 Å². The van der Waals surface area contributed by atoms with Crippen LogP contribution in [-0.4, -0.2) is 41.0 Å². The predicted molar refractivity (Wildman–Crippen MR) is 59.9 cm³/mol. The van der Waals surface area contributed by atoms with Crippen LogP contribution in [0.15, 0.2) is 0 Å². The van der Waals surface area contributed by atoms with Crippen LogP contribution in [0.2, 0.25) is 0 Å². The number of carboxylic acids is 1. The van der Waals surface area contributed by atoms with E-state index in [0.29, 0.717) is 25.4 Å². The molecule has 1 aliphatic heterocycles. The first-order valence-corrected chi connectivity index (χ1v) is 5.83. The molecule has 1 aliphatic rings.